The van der Waals surface area contributed by atoms with E-state index in [-0.39, 0.29) is 0 Å². The molecular formula is C12H24N2. The number of nitrogens with two attached hydrogens (primary N) is 1. The molecule has 2 saturated carbocycles. The highest BCUT2D eigenvalue weighted by Crippen LogP contribution is 2.34. The number of hydrogen-bond donors (Lipinski definition) is 2. The number of hydrogen-bond acceptors (Lipinski definition) is 2. The first-order chi connectivity index (χ1) is 6.66. The van der Waals surface area contributed by atoms with Crippen molar-refractivity contribution in [2.75, 3.05) is 0 Å². The fourth-order valence-corrected chi connectivity index (χ4v) is 2.84. The zero-order valence-electron chi connectivity index (χ0n) is 9.50. The first-order valence-electron chi connectivity index (χ1n) is 6.18. The van der Waals surface area contributed by atoms with E-state index in [0.29, 0.717) is 6.04 Å². The minimum absolute atomic E-state index is 0.478. The summed E-state index contributed by atoms with van der Waals surface area (Å²) in [6.07, 6.45) is 6.39. The van der Waals surface area contributed by atoms with E-state index in [2.05, 4.69) is 19.2 Å². The summed E-state index contributed by atoms with van der Waals surface area (Å²) >= 11 is 0. The lowest BCUT2D eigenvalue weighted by Crippen LogP contribution is -2.53. The quantitative estimate of drug-likeness (QED) is 0.708. The van der Waals surface area contributed by atoms with Gasteiger partial charge in [0.2, 0.25) is 0 Å². The van der Waals surface area contributed by atoms with Gasteiger partial charge in [-0.15, -0.1) is 0 Å². The third kappa shape index (κ3) is 2.12. The SMILES string of the molecule is CC1CC(NC2CCC(N)CC2)C1C. The molecule has 0 heterocycles. The van der Waals surface area contributed by atoms with E-state index in [1.165, 1.54) is 32.1 Å². The van der Waals surface area contributed by atoms with Gasteiger partial charge in [-0.05, 0) is 43.9 Å². The monoisotopic (exact) mass is 196 g/mol. The van der Waals surface area contributed by atoms with Gasteiger partial charge >= 0.3 is 0 Å². The Bertz CT molecular complexity index is 185. The first-order valence-corrected chi connectivity index (χ1v) is 6.18. The fourth-order valence-electron chi connectivity index (χ4n) is 2.84. The van der Waals surface area contributed by atoms with Crippen molar-refractivity contribution in [3.05, 3.63) is 0 Å². The lowest BCUT2D eigenvalue weighted by atomic mass is 9.71. The molecule has 2 heteroatoms. The van der Waals surface area contributed by atoms with E-state index in [9.17, 15) is 0 Å². The van der Waals surface area contributed by atoms with E-state index in [1.54, 1.807) is 0 Å². The topological polar surface area (TPSA) is 38.0 Å². The Labute approximate surface area is 87.6 Å². The van der Waals surface area contributed by atoms with Crippen LogP contribution in [0.4, 0.5) is 0 Å². The van der Waals surface area contributed by atoms with Crippen molar-refractivity contribution < 1.29 is 0 Å². The second kappa shape index (κ2) is 4.19. The molecule has 14 heavy (non-hydrogen) atoms. The smallest absolute Gasteiger partial charge is 0.0100 e. The Balaban J connectivity index is 1.71. The number of nitrogens with one attached hydrogen (secondary N) is 1. The van der Waals surface area contributed by atoms with Crippen LogP contribution >= 0.6 is 0 Å². The van der Waals surface area contributed by atoms with Gasteiger partial charge in [-0.1, -0.05) is 13.8 Å². The molecule has 3 unspecified atom stereocenters. The van der Waals surface area contributed by atoms with Crippen LogP contribution in [0.1, 0.15) is 46.0 Å². The fraction of sp³-hybridized carbons (Fsp3) is 1.00. The van der Waals surface area contributed by atoms with Crippen LogP contribution in [0, 0.1) is 11.8 Å². The van der Waals surface area contributed by atoms with E-state index in [4.69, 9.17) is 5.73 Å². The van der Waals surface area contributed by atoms with Crippen LogP contribution in [-0.4, -0.2) is 18.1 Å². The van der Waals surface area contributed by atoms with Gasteiger partial charge in [-0.2, -0.15) is 0 Å². The minimum atomic E-state index is 0.478. The molecule has 3 atom stereocenters. The molecule has 0 radical (unpaired) electrons. The molecule has 0 amide bonds. The maximum absolute atomic E-state index is 5.90. The molecule has 2 aliphatic rings. The number of rotatable bonds is 2. The lowest BCUT2D eigenvalue weighted by molar-refractivity contribution is 0.117. The highest BCUT2D eigenvalue weighted by atomic mass is 15.0. The van der Waals surface area contributed by atoms with Crippen LogP contribution < -0.4 is 11.1 Å². The zero-order chi connectivity index (χ0) is 10.1. The van der Waals surface area contributed by atoms with E-state index >= 15 is 0 Å². The second-order valence-corrected chi connectivity index (χ2v) is 5.46. The van der Waals surface area contributed by atoms with Crippen molar-refractivity contribution in [2.45, 2.75) is 64.1 Å². The summed E-state index contributed by atoms with van der Waals surface area (Å²) in [7, 11) is 0. The van der Waals surface area contributed by atoms with Crippen molar-refractivity contribution in [1.29, 1.82) is 0 Å². The first kappa shape index (κ1) is 10.4. The summed E-state index contributed by atoms with van der Waals surface area (Å²) < 4.78 is 0. The van der Waals surface area contributed by atoms with Gasteiger partial charge in [-0.25, -0.2) is 0 Å². The molecule has 0 aromatic heterocycles. The predicted molar refractivity (Wildman–Crippen MR) is 60.1 cm³/mol. The summed E-state index contributed by atoms with van der Waals surface area (Å²) in [5.41, 5.74) is 5.90. The van der Waals surface area contributed by atoms with Crippen molar-refractivity contribution in [1.82, 2.24) is 5.32 Å². The summed E-state index contributed by atoms with van der Waals surface area (Å²) in [4.78, 5) is 0. The van der Waals surface area contributed by atoms with Crippen LogP contribution in [0.2, 0.25) is 0 Å². The Hall–Kier alpha value is -0.0800. The molecule has 82 valence electrons. The van der Waals surface area contributed by atoms with Crippen LogP contribution in [0.3, 0.4) is 0 Å². The lowest BCUT2D eigenvalue weighted by Gasteiger charge is -2.44. The molecule has 2 rings (SSSR count). The van der Waals surface area contributed by atoms with Gasteiger partial charge in [0, 0.05) is 18.1 Å². The third-order valence-electron chi connectivity index (χ3n) is 4.38. The molecule has 0 aliphatic heterocycles. The Morgan fingerprint density at radius 1 is 1.07 bits per heavy atom. The molecule has 3 N–H and O–H groups in total. The predicted octanol–water partition coefficient (Wildman–Crippen LogP) is 1.89. The van der Waals surface area contributed by atoms with Gasteiger partial charge in [0.1, 0.15) is 0 Å². The van der Waals surface area contributed by atoms with Gasteiger partial charge in [-0.3, -0.25) is 0 Å². The summed E-state index contributed by atoms with van der Waals surface area (Å²) in [6, 6.07) is 2.03. The molecule has 0 saturated heterocycles. The maximum atomic E-state index is 5.90. The van der Waals surface area contributed by atoms with E-state index in [0.717, 1.165) is 23.9 Å². The van der Waals surface area contributed by atoms with Crippen molar-refractivity contribution in [3.8, 4) is 0 Å². The van der Waals surface area contributed by atoms with Crippen molar-refractivity contribution in [3.63, 3.8) is 0 Å². The Kier molecular flexibility index (Phi) is 3.13. The average Bonchev–Trinajstić information content (AvgIpc) is 2.20. The van der Waals surface area contributed by atoms with Crippen LogP contribution in [0.25, 0.3) is 0 Å². The molecule has 0 bridgehead atoms. The molecule has 0 aromatic rings. The van der Waals surface area contributed by atoms with Gasteiger partial charge in [0.05, 0.1) is 0 Å². The standard InChI is InChI=1S/C12H24N2/c1-8-7-12(9(8)2)14-11-5-3-10(13)4-6-11/h8-12,14H,3-7,13H2,1-2H3. The molecule has 2 aliphatic carbocycles. The second-order valence-electron chi connectivity index (χ2n) is 5.46. The zero-order valence-corrected chi connectivity index (χ0v) is 9.50. The summed E-state index contributed by atoms with van der Waals surface area (Å²) in [5.74, 6) is 1.81. The van der Waals surface area contributed by atoms with Crippen molar-refractivity contribution in [2.24, 2.45) is 17.6 Å². The largest absolute Gasteiger partial charge is 0.328 e. The minimum Gasteiger partial charge on any atom is -0.328 e. The average molecular weight is 196 g/mol. The van der Waals surface area contributed by atoms with Crippen LogP contribution in [-0.2, 0) is 0 Å². The molecule has 2 nitrogen and oxygen atoms in total. The van der Waals surface area contributed by atoms with Gasteiger partial charge < -0.3 is 11.1 Å². The van der Waals surface area contributed by atoms with Crippen molar-refractivity contribution >= 4 is 0 Å². The normalized spacial score (nSPS) is 48.6. The maximum Gasteiger partial charge on any atom is 0.0100 e. The Morgan fingerprint density at radius 2 is 1.71 bits per heavy atom. The molecular weight excluding hydrogens is 172 g/mol. The molecule has 0 aromatic carbocycles. The molecule has 2 fully saturated rings. The Morgan fingerprint density at radius 3 is 2.21 bits per heavy atom. The molecule has 0 spiro atoms. The van der Waals surface area contributed by atoms with Crippen LogP contribution in [0.15, 0.2) is 0 Å². The third-order valence-corrected chi connectivity index (χ3v) is 4.38. The van der Waals surface area contributed by atoms with E-state index in [1.807, 2.05) is 0 Å². The van der Waals surface area contributed by atoms with Crippen LogP contribution in [0.5, 0.6) is 0 Å². The van der Waals surface area contributed by atoms with Gasteiger partial charge in [0.15, 0.2) is 0 Å². The summed E-state index contributed by atoms with van der Waals surface area (Å²) in [6.45, 7) is 4.74. The highest BCUT2D eigenvalue weighted by molar-refractivity contribution is 4.92. The van der Waals surface area contributed by atoms with Gasteiger partial charge in [0.25, 0.3) is 0 Å². The summed E-state index contributed by atoms with van der Waals surface area (Å²) in [5, 5.41) is 3.80. The highest BCUT2D eigenvalue weighted by Gasteiger charge is 2.35. The van der Waals surface area contributed by atoms with E-state index < -0.39 is 0 Å².